The first-order chi connectivity index (χ1) is 8.33. The van der Waals surface area contributed by atoms with Crippen molar-refractivity contribution in [1.29, 1.82) is 0 Å². The Labute approximate surface area is 109 Å². The van der Waals surface area contributed by atoms with Crippen LogP contribution in [-0.2, 0) is 6.54 Å². The molecule has 0 fully saturated rings. The number of hydrogen-bond donors (Lipinski definition) is 1. The average molecular weight is 286 g/mol. The fourth-order valence-corrected chi connectivity index (χ4v) is 2.42. The molecule has 0 saturated heterocycles. The Morgan fingerprint density at radius 1 is 0.941 bits per heavy atom. The van der Waals surface area contributed by atoms with Crippen molar-refractivity contribution in [1.82, 2.24) is 0 Å². The second-order valence-corrected chi connectivity index (χ2v) is 5.03. The van der Waals surface area contributed by atoms with Crippen LogP contribution in [0, 0.1) is 0 Å². The zero-order chi connectivity index (χ0) is 11.7. The van der Waals surface area contributed by atoms with Crippen molar-refractivity contribution in [3.63, 3.8) is 0 Å². The van der Waals surface area contributed by atoms with E-state index in [-0.39, 0.29) is 0 Å². The van der Waals surface area contributed by atoms with Crippen LogP contribution in [0.3, 0.4) is 0 Å². The Bertz CT molecular complexity index is 587. The summed E-state index contributed by atoms with van der Waals surface area (Å²) >= 11 is 3.50. The average Bonchev–Trinajstić information content (AvgIpc) is 2.33. The lowest BCUT2D eigenvalue weighted by Gasteiger charge is -2.15. The van der Waals surface area contributed by atoms with Crippen molar-refractivity contribution in [3.05, 3.63) is 63.6 Å². The van der Waals surface area contributed by atoms with Crippen LogP contribution in [0.4, 0.5) is 5.69 Å². The summed E-state index contributed by atoms with van der Waals surface area (Å²) in [5.74, 6) is 0. The molecule has 1 aliphatic heterocycles. The fraction of sp³-hybridized carbons (Fsp3) is 0.0667. The van der Waals surface area contributed by atoms with Crippen molar-refractivity contribution in [3.8, 4) is 0 Å². The van der Waals surface area contributed by atoms with Gasteiger partial charge in [-0.1, -0.05) is 58.4 Å². The molecule has 0 saturated carbocycles. The Morgan fingerprint density at radius 2 is 1.76 bits per heavy atom. The number of hydrogen-bond acceptors (Lipinski definition) is 1. The van der Waals surface area contributed by atoms with E-state index in [0.29, 0.717) is 0 Å². The molecule has 1 heterocycles. The van der Waals surface area contributed by atoms with Crippen molar-refractivity contribution < 1.29 is 0 Å². The SMILES string of the molecule is Brc1ccc2c(c1)NCc1ccccc1/C=C\2. The lowest BCUT2D eigenvalue weighted by atomic mass is 10.0. The van der Waals surface area contributed by atoms with E-state index in [1.54, 1.807) is 0 Å². The van der Waals surface area contributed by atoms with Gasteiger partial charge >= 0.3 is 0 Å². The number of rotatable bonds is 0. The maximum atomic E-state index is 3.50. The van der Waals surface area contributed by atoms with Gasteiger partial charge in [0.25, 0.3) is 0 Å². The third-order valence-corrected chi connectivity index (χ3v) is 3.48. The highest BCUT2D eigenvalue weighted by Gasteiger charge is 2.06. The lowest BCUT2D eigenvalue weighted by molar-refractivity contribution is 1.14. The number of nitrogens with one attached hydrogen (secondary N) is 1. The largest absolute Gasteiger partial charge is 0.380 e. The Hall–Kier alpha value is -1.54. The highest BCUT2D eigenvalue weighted by molar-refractivity contribution is 9.10. The van der Waals surface area contributed by atoms with E-state index in [1.165, 1.54) is 22.4 Å². The molecule has 0 bridgehead atoms. The molecule has 84 valence electrons. The molecule has 17 heavy (non-hydrogen) atoms. The van der Waals surface area contributed by atoms with Gasteiger partial charge in [-0.2, -0.15) is 0 Å². The Balaban J connectivity index is 2.09. The molecule has 0 aliphatic carbocycles. The molecular formula is C15H12BrN. The molecule has 1 nitrogen and oxygen atoms in total. The highest BCUT2D eigenvalue weighted by Crippen LogP contribution is 2.26. The monoisotopic (exact) mass is 285 g/mol. The second kappa shape index (κ2) is 4.38. The maximum Gasteiger partial charge on any atom is 0.0427 e. The fourth-order valence-electron chi connectivity index (χ4n) is 2.05. The van der Waals surface area contributed by atoms with Crippen molar-refractivity contribution in [2.45, 2.75) is 6.54 Å². The van der Waals surface area contributed by atoms with Crippen LogP contribution in [0.5, 0.6) is 0 Å². The smallest absolute Gasteiger partial charge is 0.0427 e. The van der Waals surface area contributed by atoms with Crippen LogP contribution in [0.2, 0.25) is 0 Å². The standard InChI is InChI=1S/C15H12BrN/c16-14-8-7-12-6-5-11-3-1-2-4-13(11)10-17-15(12)9-14/h1-9,17H,10H2/b6-5-. The van der Waals surface area contributed by atoms with E-state index in [2.05, 4.69) is 75.9 Å². The summed E-state index contributed by atoms with van der Waals surface area (Å²) < 4.78 is 1.10. The summed E-state index contributed by atoms with van der Waals surface area (Å²) in [5.41, 5.74) is 5.01. The van der Waals surface area contributed by atoms with Crippen LogP contribution >= 0.6 is 15.9 Å². The molecule has 0 atom stereocenters. The molecule has 0 unspecified atom stereocenters. The predicted octanol–water partition coefficient (Wildman–Crippen LogP) is 4.55. The molecular weight excluding hydrogens is 274 g/mol. The molecule has 1 aliphatic rings. The van der Waals surface area contributed by atoms with Crippen molar-refractivity contribution >= 4 is 33.8 Å². The van der Waals surface area contributed by atoms with Crippen molar-refractivity contribution in [2.24, 2.45) is 0 Å². The normalized spacial score (nSPS) is 14.9. The molecule has 3 rings (SSSR count). The van der Waals surface area contributed by atoms with E-state index < -0.39 is 0 Å². The minimum absolute atomic E-state index is 0.865. The van der Waals surface area contributed by atoms with E-state index >= 15 is 0 Å². The third-order valence-electron chi connectivity index (χ3n) is 2.98. The molecule has 0 amide bonds. The molecule has 2 heteroatoms. The number of fused-ring (bicyclic) bond motifs is 2. The summed E-state index contributed by atoms with van der Waals surface area (Å²) in [6.45, 7) is 0.865. The van der Waals surface area contributed by atoms with Gasteiger partial charge < -0.3 is 5.32 Å². The summed E-state index contributed by atoms with van der Waals surface area (Å²) in [7, 11) is 0. The van der Waals surface area contributed by atoms with Crippen LogP contribution in [0.15, 0.2) is 46.9 Å². The maximum absolute atomic E-state index is 3.50. The minimum atomic E-state index is 0.865. The molecule has 0 spiro atoms. The van der Waals surface area contributed by atoms with Gasteiger partial charge in [-0.3, -0.25) is 0 Å². The van der Waals surface area contributed by atoms with Crippen LogP contribution in [0.25, 0.3) is 12.2 Å². The van der Waals surface area contributed by atoms with Gasteiger partial charge in [-0.25, -0.2) is 0 Å². The summed E-state index contributed by atoms with van der Waals surface area (Å²) in [6, 6.07) is 14.8. The Kier molecular flexibility index (Phi) is 2.73. The lowest BCUT2D eigenvalue weighted by Crippen LogP contribution is -2.04. The zero-order valence-corrected chi connectivity index (χ0v) is 10.9. The van der Waals surface area contributed by atoms with E-state index in [0.717, 1.165) is 11.0 Å². The summed E-state index contributed by atoms with van der Waals surface area (Å²) in [4.78, 5) is 0. The van der Waals surface area contributed by atoms with Crippen LogP contribution in [0.1, 0.15) is 16.7 Å². The van der Waals surface area contributed by atoms with Crippen LogP contribution < -0.4 is 5.32 Å². The Morgan fingerprint density at radius 3 is 2.71 bits per heavy atom. The molecule has 0 aromatic heterocycles. The van der Waals surface area contributed by atoms with Gasteiger partial charge in [0.1, 0.15) is 0 Å². The number of benzene rings is 2. The van der Waals surface area contributed by atoms with Crippen LogP contribution in [-0.4, -0.2) is 0 Å². The van der Waals surface area contributed by atoms with E-state index in [4.69, 9.17) is 0 Å². The predicted molar refractivity (Wildman–Crippen MR) is 76.8 cm³/mol. The van der Waals surface area contributed by atoms with Crippen molar-refractivity contribution in [2.75, 3.05) is 5.32 Å². The summed E-state index contributed by atoms with van der Waals surface area (Å²) in [6.07, 6.45) is 4.34. The van der Waals surface area contributed by atoms with Gasteiger partial charge in [0, 0.05) is 16.7 Å². The van der Waals surface area contributed by atoms with E-state index in [9.17, 15) is 0 Å². The zero-order valence-electron chi connectivity index (χ0n) is 9.28. The summed E-state index contributed by atoms with van der Waals surface area (Å²) in [5, 5.41) is 3.48. The first-order valence-corrected chi connectivity index (χ1v) is 6.42. The van der Waals surface area contributed by atoms with Gasteiger partial charge in [0.05, 0.1) is 0 Å². The quantitative estimate of drug-likeness (QED) is 0.749. The molecule has 2 aromatic carbocycles. The first-order valence-electron chi connectivity index (χ1n) is 5.62. The molecule has 1 N–H and O–H groups in total. The molecule has 2 aromatic rings. The van der Waals surface area contributed by atoms with E-state index in [1.807, 2.05) is 0 Å². The number of halogens is 1. The van der Waals surface area contributed by atoms with Gasteiger partial charge in [0.2, 0.25) is 0 Å². The van der Waals surface area contributed by atoms with Gasteiger partial charge in [-0.05, 0) is 28.8 Å². The topological polar surface area (TPSA) is 12.0 Å². The highest BCUT2D eigenvalue weighted by atomic mass is 79.9. The second-order valence-electron chi connectivity index (χ2n) is 4.12. The number of anilines is 1. The van der Waals surface area contributed by atoms with Gasteiger partial charge in [-0.15, -0.1) is 0 Å². The van der Waals surface area contributed by atoms with Gasteiger partial charge in [0.15, 0.2) is 0 Å². The minimum Gasteiger partial charge on any atom is -0.380 e. The first kappa shape index (κ1) is 10.6. The molecule has 0 radical (unpaired) electrons. The third kappa shape index (κ3) is 2.13.